The first kappa shape index (κ1) is 11.9. The van der Waals surface area contributed by atoms with E-state index in [0.717, 1.165) is 5.69 Å². The van der Waals surface area contributed by atoms with Gasteiger partial charge in [-0.2, -0.15) is 0 Å². The molecule has 1 aromatic carbocycles. The maximum Gasteiger partial charge on any atom is 0.323 e. The molecule has 18 heavy (non-hydrogen) atoms. The molecule has 0 fully saturated rings. The number of aromatic nitrogens is 1. The number of urea groups is 1. The Morgan fingerprint density at radius 1 is 1.17 bits per heavy atom. The lowest BCUT2D eigenvalue weighted by atomic mass is 10.3. The van der Waals surface area contributed by atoms with Gasteiger partial charge in [-0.25, -0.2) is 4.79 Å². The number of carbonyl (C=O) groups excluding carboxylic acids is 1. The van der Waals surface area contributed by atoms with Gasteiger partial charge in [0.15, 0.2) is 0 Å². The standard InChI is InChI=1S/C13H13N3O2/c1-9-5-6-11(8-14-9)16-13(18)15-10-3-2-4-12(17)7-10/h2-8,17H,1H3,(H2,15,16,18). The highest BCUT2D eigenvalue weighted by Gasteiger charge is 2.03. The van der Waals surface area contributed by atoms with Crippen LogP contribution in [0.2, 0.25) is 0 Å². The molecule has 0 radical (unpaired) electrons. The largest absolute Gasteiger partial charge is 0.508 e. The maximum atomic E-state index is 11.6. The van der Waals surface area contributed by atoms with Gasteiger partial charge in [0.25, 0.3) is 0 Å². The van der Waals surface area contributed by atoms with Crippen molar-refractivity contribution in [1.82, 2.24) is 4.98 Å². The second-order valence-electron chi connectivity index (χ2n) is 3.82. The zero-order chi connectivity index (χ0) is 13.0. The Kier molecular flexibility index (Phi) is 3.43. The quantitative estimate of drug-likeness (QED) is 0.759. The number of carbonyl (C=O) groups is 1. The number of hydrogen-bond donors (Lipinski definition) is 3. The van der Waals surface area contributed by atoms with Crippen molar-refractivity contribution in [2.24, 2.45) is 0 Å². The molecular weight excluding hydrogens is 230 g/mol. The van der Waals surface area contributed by atoms with Crippen molar-refractivity contribution in [2.45, 2.75) is 6.92 Å². The van der Waals surface area contributed by atoms with Gasteiger partial charge in [0.05, 0.1) is 11.9 Å². The SMILES string of the molecule is Cc1ccc(NC(=O)Nc2cccc(O)c2)cn1. The Labute approximate surface area is 104 Å². The first-order valence-corrected chi connectivity index (χ1v) is 5.43. The molecule has 1 heterocycles. The fourth-order valence-corrected chi connectivity index (χ4v) is 1.42. The van der Waals surface area contributed by atoms with Crippen LogP contribution < -0.4 is 10.6 Å². The molecule has 3 N–H and O–H groups in total. The van der Waals surface area contributed by atoms with E-state index in [-0.39, 0.29) is 11.8 Å². The van der Waals surface area contributed by atoms with Crippen LogP contribution in [0.3, 0.4) is 0 Å². The minimum absolute atomic E-state index is 0.102. The van der Waals surface area contributed by atoms with Gasteiger partial charge in [-0.15, -0.1) is 0 Å². The van der Waals surface area contributed by atoms with Gasteiger partial charge in [-0.3, -0.25) is 4.98 Å². The number of nitrogens with zero attached hydrogens (tertiary/aromatic N) is 1. The monoisotopic (exact) mass is 243 g/mol. The number of aromatic hydroxyl groups is 1. The molecule has 0 saturated heterocycles. The summed E-state index contributed by atoms with van der Waals surface area (Å²) in [4.78, 5) is 15.7. The smallest absolute Gasteiger partial charge is 0.323 e. The lowest BCUT2D eigenvalue weighted by Crippen LogP contribution is -2.19. The number of anilines is 2. The number of phenolic OH excluding ortho intramolecular Hbond substituents is 1. The van der Waals surface area contributed by atoms with Crippen molar-refractivity contribution in [2.75, 3.05) is 10.6 Å². The van der Waals surface area contributed by atoms with Crippen LogP contribution in [0, 0.1) is 6.92 Å². The number of hydrogen-bond acceptors (Lipinski definition) is 3. The molecule has 0 aliphatic rings. The first-order valence-electron chi connectivity index (χ1n) is 5.43. The number of benzene rings is 1. The third-order valence-corrected chi connectivity index (χ3v) is 2.27. The number of aryl methyl sites for hydroxylation is 1. The first-order chi connectivity index (χ1) is 8.63. The highest BCUT2D eigenvalue weighted by atomic mass is 16.3. The molecule has 0 atom stereocenters. The van der Waals surface area contributed by atoms with E-state index in [1.54, 1.807) is 24.4 Å². The molecule has 2 rings (SSSR count). The van der Waals surface area contributed by atoms with Crippen molar-refractivity contribution in [3.8, 4) is 5.75 Å². The van der Waals surface area contributed by atoms with Crippen molar-refractivity contribution in [3.05, 3.63) is 48.3 Å². The summed E-state index contributed by atoms with van der Waals surface area (Å²) in [5, 5.41) is 14.5. The van der Waals surface area contributed by atoms with Gasteiger partial charge in [0.1, 0.15) is 5.75 Å². The van der Waals surface area contributed by atoms with Crippen LogP contribution in [-0.2, 0) is 0 Å². The Morgan fingerprint density at radius 2 is 1.94 bits per heavy atom. The number of pyridine rings is 1. The minimum Gasteiger partial charge on any atom is -0.508 e. The molecule has 1 aromatic heterocycles. The van der Waals surface area contributed by atoms with E-state index in [9.17, 15) is 9.90 Å². The highest BCUT2D eigenvalue weighted by molar-refractivity contribution is 5.99. The van der Waals surface area contributed by atoms with Crippen molar-refractivity contribution in [3.63, 3.8) is 0 Å². The summed E-state index contributed by atoms with van der Waals surface area (Å²) in [7, 11) is 0. The van der Waals surface area contributed by atoms with Gasteiger partial charge >= 0.3 is 6.03 Å². The van der Waals surface area contributed by atoms with Gasteiger partial charge in [0, 0.05) is 17.4 Å². The second-order valence-corrected chi connectivity index (χ2v) is 3.82. The fourth-order valence-electron chi connectivity index (χ4n) is 1.42. The molecule has 5 heteroatoms. The van der Waals surface area contributed by atoms with Crippen LogP contribution in [0.4, 0.5) is 16.2 Å². The molecule has 0 aliphatic heterocycles. The summed E-state index contributed by atoms with van der Waals surface area (Å²) in [6, 6.07) is 9.53. The van der Waals surface area contributed by atoms with E-state index < -0.39 is 0 Å². The lowest BCUT2D eigenvalue weighted by Gasteiger charge is -2.07. The zero-order valence-corrected chi connectivity index (χ0v) is 9.84. The zero-order valence-electron chi connectivity index (χ0n) is 9.84. The molecule has 0 spiro atoms. The van der Waals surface area contributed by atoms with Gasteiger partial charge < -0.3 is 15.7 Å². The second kappa shape index (κ2) is 5.18. The summed E-state index contributed by atoms with van der Waals surface area (Å²) >= 11 is 0. The van der Waals surface area contributed by atoms with Crippen LogP contribution in [0.5, 0.6) is 5.75 Å². The van der Waals surface area contributed by atoms with E-state index >= 15 is 0 Å². The molecule has 92 valence electrons. The number of amides is 2. The molecular formula is C13H13N3O2. The van der Waals surface area contributed by atoms with E-state index in [2.05, 4.69) is 15.6 Å². The molecule has 0 aliphatic carbocycles. The molecule has 2 aromatic rings. The van der Waals surface area contributed by atoms with E-state index in [4.69, 9.17) is 0 Å². The summed E-state index contributed by atoms with van der Waals surface area (Å²) in [5.41, 5.74) is 2.01. The predicted octanol–water partition coefficient (Wildman–Crippen LogP) is 2.74. The van der Waals surface area contributed by atoms with E-state index in [0.29, 0.717) is 11.4 Å². The van der Waals surface area contributed by atoms with Gasteiger partial charge in [-0.1, -0.05) is 6.07 Å². The average molecular weight is 243 g/mol. The molecule has 0 saturated carbocycles. The minimum atomic E-state index is -0.383. The fraction of sp³-hybridized carbons (Fsp3) is 0.0769. The highest BCUT2D eigenvalue weighted by Crippen LogP contribution is 2.15. The van der Waals surface area contributed by atoms with Crippen molar-refractivity contribution in [1.29, 1.82) is 0 Å². The topological polar surface area (TPSA) is 74.2 Å². The summed E-state index contributed by atoms with van der Waals surface area (Å²) < 4.78 is 0. The number of nitrogens with one attached hydrogen (secondary N) is 2. The Hall–Kier alpha value is -2.56. The number of phenols is 1. The lowest BCUT2D eigenvalue weighted by molar-refractivity contribution is 0.262. The third kappa shape index (κ3) is 3.21. The van der Waals surface area contributed by atoms with Crippen LogP contribution in [-0.4, -0.2) is 16.1 Å². The van der Waals surface area contributed by atoms with Crippen molar-refractivity contribution < 1.29 is 9.90 Å². The van der Waals surface area contributed by atoms with Gasteiger partial charge in [0.2, 0.25) is 0 Å². The van der Waals surface area contributed by atoms with E-state index in [1.807, 2.05) is 13.0 Å². The Morgan fingerprint density at radius 3 is 2.61 bits per heavy atom. The summed E-state index contributed by atoms with van der Waals surface area (Å²) in [6.07, 6.45) is 1.58. The molecule has 5 nitrogen and oxygen atoms in total. The van der Waals surface area contributed by atoms with Crippen LogP contribution in [0.15, 0.2) is 42.6 Å². The van der Waals surface area contributed by atoms with Crippen LogP contribution >= 0.6 is 0 Å². The van der Waals surface area contributed by atoms with E-state index in [1.165, 1.54) is 12.1 Å². The van der Waals surface area contributed by atoms with Crippen LogP contribution in [0.25, 0.3) is 0 Å². The molecule has 0 unspecified atom stereocenters. The number of rotatable bonds is 2. The average Bonchev–Trinajstić information content (AvgIpc) is 2.32. The Bertz CT molecular complexity index is 552. The third-order valence-electron chi connectivity index (χ3n) is 2.27. The maximum absolute atomic E-state index is 11.6. The molecule has 0 bridgehead atoms. The Balaban J connectivity index is 1.98. The van der Waals surface area contributed by atoms with Crippen molar-refractivity contribution >= 4 is 17.4 Å². The van der Waals surface area contributed by atoms with Crippen LogP contribution in [0.1, 0.15) is 5.69 Å². The summed E-state index contributed by atoms with van der Waals surface area (Å²) in [6.45, 7) is 1.87. The predicted molar refractivity (Wildman–Crippen MR) is 69.7 cm³/mol. The van der Waals surface area contributed by atoms with Gasteiger partial charge in [-0.05, 0) is 31.2 Å². The molecule has 2 amide bonds. The summed E-state index contributed by atoms with van der Waals surface area (Å²) in [5.74, 6) is 0.102. The normalized spacial score (nSPS) is 9.83.